The summed E-state index contributed by atoms with van der Waals surface area (Å²) in [5.41, 5.74) is 1.50. The molecule has 0 fully saturated rings. The standard InChI is InChI=1S/C13H13ClN4O/c1-18(2)10-5-3-4-9(6-10)13(19)17-12-8-15-7-11(14)16-12/h3-8H,1-2H3,(H,16,17,19). The number of hydrogen-bond acceptors (Lipinski definition) is 4. The average molecular weight is 277 g/mol. The summed E-state index contributed by atoms with van der Waals surface area (Å²) in [6.07, 6.45) is 2.85. The van der Waals surface area contributed by atoms with Crippen molar-refractivity contribution in [3.05, 3.63) is 47.4 Å². The second-order valence-electron chi connectivity index (χ2n) is 4.13. The first-order chi connectivity index (χ1) is 9.06. The number of hydrogen-bond donors (Lipinski definition) is 1. The molecule has 1 heterocycles. The Hall–Kier alpha value is -2.14. The van der Waals surface area contributed by atoms with Gasteiger partial charge in [0.05, 0.1) is 12.4 Å². The Morgan fingerprint density at radius 1 is 1.32 bits per heavy atom. The lowest BCUT2D eigenvalue weighted by Gasteiger charge is -2.13. The fraction of sp³-hybridized carbons (Fsp3) is 0.154. The smallest absolute Gasteiger partial charge is 0.256 e. The molecular formula is C13H13ClN4O. The summed E-state index contributed by atoms with van der Waals surface area (Å²) >= 11 is 5.71. The Balaban J connectivity index is 2.18. The van der Waals surface area contributed by atoms with E-state index in [0.717, 1.165) is 5.69 Å². The van der Waals surface area contributed by atoms with Crippen molar-refractivity contribution in [1.82, 2.24) is 9.97 Å². The number of carbonyl (C=O) groups excluding carboxylic acids is 1. The van der Waals surface area contributed by atoms with E-state index in [1.807, 2.05) is 31.1 Å². The summed E-state index contributed by atoms with van der Waals surface area (Å²) in [6.45, 7) is 0. The number of nitrogens with zero attached hydrogens (tertiary/aromatic N) is 3. The molecule has 0 radical (unpaired) electrons. The maximum absolute atomic E-state index is 12.1. The molecule has 1 N–H and O–H groups in total. The molecule has 1 amide bonds. The maximum Gasteiger partial charge on any atom is 0.256 e. The van der Waals surface area contributed by atoms with Crippen LogP contribution in [0.2, 0.25) is 5.15 Å². The van der Waals surface area contributed by atoms with Gasteiger partial charge in [-0.05, 0) is 18.2 Å². The fourth-order valence-electron chi connectivity index (χ4n) is 1.52. The van der Waals surface area contributed by atoms with Crippen LogP contribution in [0.4, 0.5) is 11.5 Å². The topological polar surface area (TPSA) is 58.1 Å². The third-order valence-electron chi connectivity index (χ3n) is 2.47. The van der Waals surface area contributed by atoms with Crippen LogP contribution in [0.15, 0.2) is 36.7 Å². The quantitative estimate of drug-likeness (QED) is 0.935. The second kappa shape index (κ2) is 5.67. The van der Waals surface area contributed by atoms with E-state index in [-0.39, 0.29) is 11.1 Å². The molecule has 98 valence electrons. The van der Waals surface area contributed by atoms with Crippen LogP contribution >= 0.6 is 11.6 Å². The zero-order valence-corrected chi connectivity index (χ0v) is 11.3. The van der Waals surface area contributed by atoms with Gasteiger partial charge in [-0.25, -0.2) is 4.98 Å². The number of aromatic nitrogens is 2. The molecule has 0 bridgehead atoms. The highest BCUT2D eigenvalue weighted by molar-refractivity contribution is 6.29. The number of anilines is 2. The van der Waals surface area contributed by atoms with Crippen LogP contribution in [-0.4, -0.2) is 30.0 Å². The van der Waals surface area contributed by atoms with Gasteiger partial charge < -0.3 is 10.2 Å². The summed E-state index contributed by atoms with van der Waals surface area (Å²) in [7, 11) is 3.83. The highest BCUT2D eigenvalue weighted by Crippen LogP contribution is 2.15. The Bertz CT molecular complexity index is 601. The first kappa shape index (κ1) is 13.3. The van der Waals surface area contributed by atoms with Gasteiger partial charge in [-0.3, -0.25) is 9.78 Å². The summed E-state index contributed by atoms with van der Waals surface area (Å²) in [4.78, 5) is 21.8. The third kappa shape index (κ3) is 3.42. The van der Waals surface area contributed by atoms with Gasteiger partial charge in [0.15, 0.2) is 5.82 Å². The van der Waals surface area contributed by atoms with Crippen molar-refractivity contribution in [2.75, 3.05) is 24.3 Å². The molecule has 0 saturated heterocycles. The molecule has 6 heteroatoms. The van der Waals surface area contributed by atoms with Crippen LogP contribution in [0.3, 0.4) is 0 Å². The highest BCUT2D eigenvalue weighted by atomic mass is 35.5. The number of nitrogens with one attached hydrogen (secondary N) is 1. The monoisotopic (exact) mass is 276 g/mol. The predicted molar refractivity (Wildman–Crippen MR) is 75.8 cm³/mol. The summed E-state index contributed by atoms with van der Waals surface area (Å²) in [6, 6.07) is 7.29. The fourth-order valence-corrected chi connectivity index (χ4v) is 1.66. The molecule has 19 heavy (non-hydrogen) atoms. The van der Waals surface area contributed by atoms with Crippen molar-refractivity contribution < 1.29 is 4.79 Å². The molecule has 0 aliphatic carbocycles. The largest absolute Gasteiger partial charge is 0.378 e. The minimum Gasteiger partial charge on any atom is -0.378 e. The van der Waals surface area contributed by atoms with Gasteiger partial charge in [0, 0.05) is 25.3 Å². The normalized spacial score (nSPS) is 10.1. The highest BCUT2D eigenvalue weighted by Gasteiger charge is 2.08. The van der Waals surface area contributed by atoms with E-state index in [1.165, 1.54) is 12.4 Å². The Morgan fingerprint density at radius 2 is 2.11 bits per heavy atom. The van der Waals surface area contributed by atoms with Gasteiger partial charge in [0.2, 0.25) is 0 Å². The zero-order valence-electron chi connectivity index (χ0n) is 10.6. The van der Waals surface area contributed by atoms with Crippen molar-refractivity contribution in [2.45, 2.75) is 0 Å². The van der Waals surface area contributed by atoms with Gasteiger partial charge in [-0.1, -0.05) is 17.7 Å². The lowest BCUT2D eigenvalue weighted by atomic mass is 10.2. The first-order valence-electron chi connectivity index (χ1n) is 5.62. The van der Waals surface area contributed by atoms with Crippen molar-refractivity contribution in [3.63, 3.8) is 0 Å². The number of rotatable bonds is 3. The van der Waals surface area contributed by atoms with Crippen molar-refractivity contribution in [1.29, 1.82) is 0 Å². The number of amides is 1. The summed E-state index contributed by atoms with van der Waals surface area (Å²) < 4.78 is 0. The van der Waals surface area contributed by atoms with E-state index in [0.29, 0.717) is 11.4 Å². The van der Waals surface area contributed by atoms with Crippen molar-refractivity contribution in [2.24, 2.45) is 0 Å². The zero-order chi connectivity index (χ0) is 13.8. The van der Waals surface area contributed by atoms with Crippen LogP contribution in [0.5, 0.6) is 0 Å². The molecule has 0 unspecified atom stereocenters. The van der Waals surface area contributed by atoms with E-state index in [1.54, 1.807) is 12.1 Å². The van der Waals surface area contributed by atoms with E-state index in [4.69, 9.17) is 11.6 Å². The molecule has 0 saturated carbocycles. The van der Waals surface area contributed by atoms with Crippen LogP contribution in [0.1, 0.15) is 10.4 Å². The van der Waals surface area contributed by atoms with E-state index >= 15 is 0 Å². The molecule has 0 spiro atoms. The number of halogens is 1. The minimum atomic E-state index is -0.250. The minimum absolute atomic E-state index is 0.236. The average Bonchev–Trinajstić information content (AvgIpc) is 2.39. The third-order valence-corrected chi connectivity index (χ3v) is 2.65. The lowest BCUT2D eigenvalue weighted by molar-refractivity contribution is 0.102. The molecular weight excluding hydrogens is 264 g/mol. The van der Waals surface area contributed by atoms with E-state index in [2.05, 4.69) is 15.3 Å². The maximum atomic E-state index is 12.1. The molecule has 0 atom stereocenters. The van der Waals surface area contributed by atoms with E-state index < -0.39 is 0 Å². The lowest BCUT2D eigenvalue weighted by Crippen LogP contribution is -2.15. The Kier molecular flexibility index (Phi) is 3.97. The van der Waals surface area contributed by atoms with Crippen molar-refractivity contribution >= 4 is 29.0 Å². The van der Waals surface area contributed by atoms with Gasteiger partial charge >= 0.3 is 0 Å². The number of benzene rings is 1. The SMILES string of the molecule is CN(C)c1cccc(C(=O)Nc2cncc(Cl)n2)c1. The second-order valence-corrected chi connectivity index (χ2v) is 4.51. The Labute approximate surface area is 116 Å². The molecule has 0 aliphatic heterocycles. The van der Waals surface area contributed by atoms with Crippen LogP contribution in [-0.2, 0) is 0 Å². The van der Waals surface area contributed by atoms with Gasteiger partial charge in [-0.2, -0.15) is 0 Å². The first-order valence-corrected chi connectivity index (χ1v) is 6.00. The number of carbonyl (C=O) groups is 1. The van der Waals surface area contributed by atoms with Crippen LogP contribution in [0, 0.1) is 0 Å². The van der Waals surface area contributed by atoms with Gasteiger partial charge in [0.1, 0.15) is 5.15 Å². The van der Waals surface area contributed by atoms with Crippen LogP contribution in [0.25, 0.3) is 0 Å². The molecule has 1 aromatic carbocycles. The molecule has 2 aromatic rings. The molecule has 5 nitrogen and oxygen atoms in total. The molecule has 0 aliphatic rings. The predicted octanol–water partition coefficient (Wildman–Crippen LogP) is 2.45. The van der Waals surface area contributed by atoms with Crippen LogP contribution < -0.4 is 10.2 Å². The summed E-state index contributed by atoms with van der Waals surface area (Å²) in [5, 5.41) is 2.89. The summed E-state index contributed by atoms with van der Waals surface area (Å²) in [5.74, 6) is 0.0769. The molecule has 1 aromatic heterocycles. The van der Waals surface area contributed by atoms with Crippen molar-refractivity contribution in [3.8, 4) is 0 Å². The van der Waals surface area contributed by atoms with Gasteiger partial charge in [0.25, 0.3) is 5.91 Å². The van der Waals surface area contributed by atoms with E-state index in [9.17, 15) is 4.79 Å². The Morgan fingerprint density at radius 3 is 2.79 bits per heavy atom. The molecule has 2 rings (SSSR count). The van der Waals surface area contributed by atoms with Gasteiger partial charge in [-0.15, -0.1) is 0 Å².